The third-order valence-corrected chi connectivity index (χ3v) is 16.3. The van der Waals surface area contributed by atoms with E-state index >= 15 is 0 Å². The molecule has 9 N–H and O–H groups in total. The van der Waals surface area contributed by atoms with Gasteiger partial charge in [-0.15, -0.1) is 0 Å². The van der Waals surface area contributed by atoms with Gasteiger partial charge in [-0.2, -0.15) is 0 Å². The quantitative estimate of drug-likeness (QED) is 0.0613. The van der Waals surface area contributed by atoms with Crippen LogP contribution in [-0.2, 0) is 47.5 Å². The van der Waals surface area contributed by atoms with E-state index in [0.717, 1.165) is 37.5 Å². The lowest BCUT2D eigenvalue weighted by Crippen LogP contribution is -2.65. The van der Waals surface area contributed by atoms with Crippen molar-refractivity contribution >= 4 is 12.3 Å². The van der Waals surface area contributed by atoms with Crippen LogP contribution in [0.2, 0.25) is 0 Å². The normalized spacial score (nSPS) is 53.6. The molecule has 0 aromatic heterocycles. The van der Waals surface area contributed by atoms with Crippen molar-refractivity contribution in [1.82, 2.24) is 0 Å². The Balaban J connectivity index is 0.950. The second kappa shape index (κ2) is 17.6. The molecule has 8 aliphatic rings. The van der Waals surface area contributed by atoms with Crippen LogP contribution in [0, 0.1) is 34.5 Å². The van der Waals surface area contributed by atoms with Crippen LogP contribution in [-0.4, -0.2) is 189 Å². The summed E-state index contributed by atoms with van der Waals surface area (Å²) in [7, 11) is 1.36. The van der Waals surface area contributed by atoms with E-state index in [4.69, 9.17) is 37.9 Å². The van der Waals surface area contributed by atoms with Crippen molar-refractivity contribution in [1.29, 1.82) is 0 Å². The largest absolute Gasteiger partial charge is 0.458 e. The number of carbonyl (C=O) groups excluding carboxylic acids is 2. The van der Waals surface area contributed by atoms with Crippen LogP contribution < -0.4 is 0 Å². The molecule has 23 atom stereocenters. The monoisotopic (exact) mass is 872 g/mol. The number of rotatable bonds is 11. The average Bonchev–Trinajstić information content (AvgIpc) is 3.80. The third kappa shape index (κ3) is 7.64. The molecular weight excluding hydrogens is 808 g/mol. The molecule has 0 aromatic rings. The van der Waals surface area contributed by atoms with E-state index in [1.807, 2.05) is 0 Å². The van der Waals surface area contributed by atoms with Crippen molar-refractivity contribution in [3.05, 3.63) is 11.6 Å². The van der Waals surface area contributed by atoms with Gasteiger partial charge >= 0.3 is 5.97 Å². The van der Waals surface area contributed by atoms with Crippen molar-refractivity contribution < 1.29 is 93.4 Å². The Morgan fingerprint density at radius 1 is 0.770 bits per heavy atom. The van der Waals surface area contributed by atoms with Gasteiger partial charge in [0, 0.05) is 24.0 Å². The van der Waals surface area contributed by atoms with Gasteiger partial charge in [0.2, 0.25) is 0 Å². The topological polar surface area (TPSA) is 290 Å². The van der Waals surface area contributed by atoms with Crippen molar-refractivity contribution in [2.75, 3.05) is 26.9 Å². The minimum Gasteiger partial charge on any atom is -0.458 e. The predicted molar refractivity (Wildman–Crippen MR) is 203 cm³/mol. The number of methoxy groups -OCH3 is 1. The highest BCUT2D eigenvalue weighted by atomic mass is 16.8. The van der Waals surface area contributed by atoms with Crippen molar-refractivity contribution in [2.24, 2.45) is 34.5 Å². The van der Waals surface area contributed by atoms with Crippen molar-refractivity contribution in [3.63, 3.8) is 0 Å². The fourth-order valence-corrected chi connectivity index (χ4v) is 12.8. The number of aldehydes is 1. The Kier molecular flexibility index (Phi) is 13.2. The lowest BCUT2D eigenvalue weighted by Gasteiger charge is -2.63. The second-order valence-electron chi connectivity index (χ2n) is 19.1. The van der Waals surface area contributed by atoms with E-state index < -0.39 is 128 Å². The lowest BCUT2D eigenvalue weighted by molar-refractivity contribution is -0.376. The van der Waals surface area contributed by atoms with E-state index in [9.17, 15) is 55.5 Å². The van der Waals surface area contributed by atoms with Crippen LogP contribution in [0.3, 0.4) is 0 Å². The van der Waals surface area contributed by atoms with E-state index in [-0.39, 0.29) is 36.2 Å². The zero-order valence-corrected chi connectivity index (χ0v) is 34.8. The molecule has 4 heterocycles. The Bertz CT molecular complexity index is 1620. The zero-order chi connectivity index (χ0) is 43.8. The molecule has 61 heavy (non-hydrogen) atoms. The summed E-state index contributed by atoms with van der Waals surface area (Å²) in [5, 5.41) is 96.8. The molecule has 19 heteroatoms. The molecule has 0 spiro atoms. The van der Waals surface area contributed by atoms with E-state index in [1.54, 1.807) is 13.0 Å². The highest BCUT2D eigenvalue weighted by molar-refractivity contribution is 5.85. The smallest absolute Gasteiger partial charge is 0.331 e. The maximum atomic E-state index is 13.4. The molecule has 0 unspecified atom stereocenters. The molecule has 8 rings (SSSR count). The number of aliphatic hydroxyl groups is 9. The first kappa shape index (κ1) is 45.8. The van der Waals surface area contributed by atoms with Gasteiger partial charge < -0.3 is 88.6 Å². The molecule has 4 saturated carbocycles. The Morgan fingerprint density at radius 2 is 1.48 bits per heavy atom. The maximum Gasteiger partial charge on any atom is 0.331 e. The van der Waals surface area contributed by atoms with Crippen LogP contribution in [0.15, 0.2) is 11.6 Å². The first-order valence-corrected chi connectivity index (χ1v) is 21.9. The number of hydrogen-bond acceptors (Lipinski definition) is 19. The summed E-state index contributed by atoms with van der Waals surface area (Å²) in [6.07, 6.45) is -13.8. The van der Waals surface area contributed by atoms with Gasteiger partial charge in [-0.1, -0.05) is 6.92 Å². The van der Waals surface area contributed by atoms with E-state index in [2.05, 4.69) is 6.92 Å². The van der Waals surface area contributed by atoms with Gasteiger partial charge in [-0.25, -0.2) is 4.79 Å². The molecule has 0 amide bonds. The van der Waals surface area contributed by atoms with Gasteiger partial charge in [-0.3, -0.25) is 0 Å². The number of hydrogen-bond donors (Lipinski definition) is 9. The van der Waals surface area contributed by atoms with Gasteiger partial charge in [-0.05, 0) is 94.0 Å². The number of cyclic esters (lactones) is 1. The van der Waals surface area contributed by atoms with Gasteiger partial charge in [0.15, 0.2) is 18.9 Å². The van der Waals surface area contributed by atoms with Crippen LogP contribution in [0.5, 0.6) is 0 Å². The van der Waals surface area contributed by atoms with Crippen LogP contribution in [0.25, 0.3) is 0 Å². The number of carbonyl (C=O) groups is 2. The van der Waals surface area contributed by atoms with Crippen molar-refractivity contribution in [2.45, 2.75) is 175 Å². The summed E-state index contributed by atoms with van der Waals surface area (Å²) in [5.41, 5.74) is -1.16. The van der Waals surface area contributed by atoms with Crippen molar-refractivity contribution in [3.8, 4) is 0 Å². The third-order valence-electron chi connectivity index (χ3n) is 16.3. The Morgan fingerprint density at radius 3 is 2.15 bits per heavy atom. The summed E-state index contributed by atoms with van der Waals surface area (Å²) < 4.78 is 46.9. The standard InChI is InChI=1S/C42H64O19/c1-18-28(46)35(54-3)36(61-38-34(52)32(50)30(48)26(60-38)16-56-37-33(51)31(49)29(47)25(14-43)59-37)39(57-18)58-21-6-10-41(17-44)20(13-21)4-5-24-23(41)7-9-40(2)22(8-11-42(24,40)53)19-12-27(45)55-15-19/h12,17-18,20-26,28-39,43,46-53H,4-11,13-16H2,1-3H3/t18-,20+,21-,22+,23-,24+,25+,26+,28-,29+,30+,31-,32-,33+,34+,35+,36-,37+,38-,39-,40+,41+,42-/m0/s1. The van der Waals surface area contributed by atoms with Crippen LogP contribution >= 0.6 is 0 Å². The number of fused-ring (bicyclic) bond motifs is 5. The molecule has 346 valence electrons. The minimum atomic E-state index is -1.83. The molecule has 4 aliphatic carbocycles. The fourth-order valence-electron chi connectivity index (χ4n) is 12.8. The number of aliphatic hydroxyl groups excluding tert-OH is 8. The molecule has 4 aliphatic heterocycles. The molecule has 3 saturated heterocycles. The molecule has 0 radical (unpaired) electrons. The predicted octanol–water partition coefficient (Wildman–Crippen LogP) is -2.06. The molecular formula is C42H64O19. The van der Waals surface area contributed by atoms with Crippen LogP contribution in [0.4, 0.5) is 0 Å². The first-order chi connectivity index (χ1) is 29.0. The van der Waals surface area contributed by atoms with Gasteiger partial charge in [0.05, 0.1) is 31.0 Å². The molecule has 19 nitrogen and oxygen atoms in total. The highest BCUT2D eigenvalue weighted by Gasteiger charge is 2.69. The number of esters is 1. The van der Waals surface area contributed by atoms with Gasteiger partial charge in [0.1, 0.15) is 80.0 Å². The molecule has 0 aromatic carbocycles. The SMILES string of the molecule is CO[C@@H]1[C@@H](O)[C@H](C)O[C@@H](O[C@H]2CC[C@@]3(C=O)[C@H](CC[C@@H]4[C@@H]3CC[C@]3(C)[C@@H](C5=CC(=O)OC5)CC[C@]43O)C2)[C@H]1O[C@@H]1O[C@H](CO[C@@H]2O[C@H](CO)[C@@H](O)[C@H](O)[C@H]2O)[C@@H](O)[C@H](O)[C@H]1O. The maximum absolute atomic E-state index is 13.4. The first-order valence-electron chi connectivity index (χ1n) is 21.9. The molecule has 0 bridgehead atoms. The lowest BCUT2D eigenvalue weighted by atomic mass is 9.43. The molecule has 7 fully saturated rings. The second-order valence-corrected chi connectivity index (χ2v) is 19.1. The summed E-state index contributed by atoms with van der Waals surface area (Å²) in [6.45, 7) is 2.77. The average molecular weight is 873 g/mol. The van der Waals surface area contributed by atoms with E-state index in [0.29, 0.717) is 32.1 Å². The Labute approximate surface area is 353 Å². The Hall–Kier alpha value is -1.76. The van der Waals surface area contributed by atoms with Crippen LogP contribution in [0.1, 0.15) is 71.6 Å². The highest BCUT2D eigenvalue weighted by Crippen LogP contribution is 2.69. The summed E-state index contributed by atoms with van der Waals surface area (Å²) >= 11 is 0. The van der Waals surface area contributed by atoms with Gasteiger partial charge in [0.25, 0.3) is 0 Å². The minimum absolute atomic E-state index is 0.0311. The zero-order valence-electron chi connectivity index (χ0n) is 34.8. The summed E-state index contributed by atoms with van der Waals surface area (Å²) in [4.78, 5) is 25.4. The fraction of sp³-hybridized carbons (Fsp3) is 0.905. The number of ether oxygens (including phenoxy) is 8. The van der Waals surface area contributed by atoms with E-state index in [1.165, 1.54) is 7.11 Å². The summed E-state index contributed by atoms with van der Waals surface area (Å²) in [6, 6.07) is 0. The summed E-state index contributed by atoms with van der Waals surface area (Å²) in [5.74, 6) is -0.470.